The number of benzene rings is 1. The third-order valence-corrected chi connectivity index (χ3v) is 8.15. The van der Waals surface area contributed by atoms with Crippen molar-refractivity contribution in [3.05, 3.63) is 54.9 Å². The molecule has 0 radical (unpaired) electrons. The minimum Gasteiger partial charge on any atom is -0.465 e. The summed E-state index contributed by atoms with van der Waals surface area (Å²) in [5.41, 5.74) is 2.26. The molecule has 1 aromatic heterocycles. The molecule has 2 amide bonds. The van der Waals surface area contributed by atoms with Crippen LogP contribution >= 0.6 is 15.9 Å². The summed E-state index contributed by atoms with van der Waals surface area (Å²) in [7, 11) is 0. The fraction of sp³-hybridized carbons (Fsp3) is 0.458. The number of nitrogens with one attached hydrogen (secondary N) is 3. The quantitative estimate of drug-likeness (QED) is 0.465. The smallest absolute Gasteiger partial charge is 0.405 e. The van der Waals surface area contributed by atoms with Gasteiger partial charge in [0, 0.05) is 41.4 Å². The van der Waals surface area contributed by atoms with Crippen LogP contribution in [0.3, 0.4) is 0 Å². The average molecular weight is 532 g/mol. The van der Waals surface area contributed by atoms with Gasteiger partial charge in [-0.05, 0) is 73.7 Å². The zero-order chi connectivity index (χ0) is 24.6. The van der Waals surface area contributed by atoms with Crippen LogP contribution in [0.5, 0.6) is 11.5 Å². The Labute approximate surface area is 204 Å². The monoisotopic (exact) mass is 531 g/mol. The number of carbonyl (C=O) groups excluding carboxylic acids is 1. The number of aromatic nitrogens is 1. The predicted molar refractivity (Wildman–Crippen MR) is 126 cm³/mol. The molecule has 0 spiro atoms. The van der Waals surface area contributed by atoms with E-state index in [1.54, 1.807) is 13.0 Å². The van der Waals surface area contributed by atoms with Gasteiger partial charge in [-0.3, -0.25) is 9.59 Å². The van der Waals surface area contributed by atoms with Crippen LogP contribution in [-0.2, 0) is 6.54 Å². The van der Waals surface area contributed by atoms with Crippen LogP contribution in [0.25, 0.3) is 0 Å². The molecule has 34 heavy (non-hydrogen) atoms. The largest absolute Gasteiger partial charge is 0.465 e. The molecule has 3 saturated carbocycles. The zero-order valence-corrected chi connectivity index (χ0v) is 20.9. The fourth-order valence-corrected chi connectivity index (χ4v) is 6.27. The molecule has 4 aliphatic rings. The number of aryl methyl sites for hydroxylation is 2. The maximum absolute atomic E-state index is 13.1. The van der Waals surface area contributed by atoms with Gasteiger partial charge in [-0.1, -0.05) is 0 Å². The van der Waals surface area contributed by atoms with Crippen molar-refractivity contribution in [2.45, 2.75) is 64.8 Å². The molecule has 1 aliphatic heterocycles. The lowest BCUT2D eigenvalue weighted by Crippen LogP contribution is -2.81. The van der Waals surface area contributed by atoms with Crippen molar-refractivity contribution < 1.29 is 24.2 Å². The van der Waals surface area contributed by atoms with E-state index in [2.05, 4.69) is 31.5 Å². The maximum atomic E-state index is 13.1. The first-order valence-electron chi connectivity index (χ1n) is 11.1. The molecule has 1 aromatic carbocycles. The number of hydrogen-bond donors (Lipinski definition) is 4. The van der Waals surface area contributed by atoms with Crippen LogP contribution in [-0.4, -0.2) is 33.4 Å². The minimum absolute atomic E-state index is 0.102. The summed E-state index contributed by atoms with van der Waals surface area (Å²) in [6.07, 6.45) is 0.911. The lowest BCUT2D eigenvalue weighted by molar-refractivity contribution is -0.299. The van der Waals surface area contributed by atoms with Crippen LogP contribution in [0.4, 0.5) is 4.79 Å². The van der Waals surface area contributed by atoms with Gasteiger partial charge in [0.25, 0.3) is 17.3 Å². The Hall–Kier alpha value is -3.01. The van der Waals surface area contributed by atoms with Crippen LogP contribution in [0.1, 0.15) is 58.9 Å². The number of H-pyrrole nitrogens is 1. The predicted octanol–water partition coefficient (Wildman–Crippen LogP) is 3.67. The van der Waals surface area contributed by atoms with Crippen molar-refractivity contribution in [3.63, 3.8) is 0 Å². The molecule has 180 valence electrons. The Morgan fingerprint density at radius 2 is 1.79 bits per heavy atom. The molecule has 2 heterocycles. The number of carbonyl (C=O) groups is 2. The molecule has 0 saturated heterocycles. The molecular formula is C24H26BrN3O6. The molecule has 10 heteroatoms. The number of hydrogen-bond acceptors (Lipinski definition) is 5. The zero-order valence-electron chi connectivity index (χ0n) is 19.3. The van der Waals surface area contributed by atoms with E-state index in [0.29, 0.717) is 51.9 Å². The number of rotatable bonds is 5. The van der Waals surface area contributed by atoms with E-state index in [1.807, 2.05) is 26.8 Å². The Morgan fingerprint density at radius 3 is 2.41 bits per heavy atom. The summed E-state index contributed by atoms with van der Waals surface area (Å²) < 4.78 is 13.2. The van der Waals surface area contributed by atoms with Gasteiger partial charge in [-0.2, -0.15) is 0 Å². The maximum Gasteiger partial charge on any atom is 0.405 e. The number of carboxylic acid groups (broad SMARTS) is 1. The first-order chi connectivity index (χ1) is 15.9. The topological polar surface area (TPSA) is 130 Å². The number of halogens is 1. The fourth-order valence-electron chi connectivity index (χ4n) is 5.78. The molecule has 4 N–H and O–H groups in total. The summed E-state index contributed by atoms with van der Waals surface area (Å²) >= 11 is 3.51. The number of aromatic amines is 1. The van der Waals surface area contributed by atoms with Crippen LogP contribution in [0.2, 0.25) is 0 Å². The first-order valence-corrected chi connectivity index (χ1v) is 11.9. The highest BCUT2D eigenvalue weighted by Crippen LogP contribution is 2.74. The van der Waals surface area contributed by atoms with E-state index in [0.717, 1.165) is 11.3 Å². The first kappa shape index (κ1) is 22.8. The van der Waals surface area contributed by atoms with Crippen LogP contribution in [0, 0.1) is 26.2 Å². The molecule has 2 bridgehead atoms. The summed E-state index contributed by atoms with van der Waals surface area (Å²) in [4.78, 5) is 39.2. The van der Waals surface area contributed by atoms with E-state index >= 15 is 0 Å². The normalized spacial score (nSPS) is 28.0. The molecule has 6 rings (SSSR count). The average Bonchev–Trinajstić information content (AvgIpc) is 3.04. The van der Waals surface area contributed by atoms with E-state index in [9.17, 15) is 14.4 Å². The van der Waals surface area contributed by atoms with E-state index in [4.69, 9.17) is 14.6 Å². The van der Waals surface area contributed by atoms with Crippen molar-refractivity contribution in [3.8, 4) is 11.5 Å². The van der Waals surface area contributed by atoms with Gasteiger partial charge in [0.1, 0.15) is 0 Å². The van der Waals surface area contributed by atoms with Gasteiger partial charge >= 0.3 is 6.09 Å². The minimum atomic E-state index is -1.02. The van der Waals surface area contributed by atoms with E-state index in [1.165, 1.54) is 0 Å². The van der Waals surface area contributed by atoms with Gasteiger partial charge in [-0.25, -0.2) is 4.79 Å². The number of pyridine rings is 1. The number of fused-ring (bicyclic) bond motifs is 1. The summed E-state index contributed by atoms with van der Waals surface area (Å²) in [5.74, 6) is -0.247. The van der Waals surface area contributed by atoms with Gasteiger partial charge < -0.3 is 30.2 Å². The highest BCUT2D eigenvalue weighted by molar-refractivity contribution is 9.10. The second kappa shape index (κ2) is 7.24. The Bertz CT molecular complexity index is 1300. The lowest BCUT2D eigenvalue weighted by Gasteiger charge is -2.72. The lowest BCUT2D eigenvalue weighted by atomic mass is 9.36. The third kappa shape index (κ3) is 3.22. The molecular weight excluding hydrogens is 506 g/mol. The van der Waals surface area contributed by atoms with E-state index in [-0.39, 0.29) is 29.0 Å². The third-order valence-electron chi connectivity index (χ3n) is 7.56. The van der Waals surface area contributed by atoms with Crippen molar-refractivity contribution in [2.75, 3.05) is 0 Å². The molecule has 2 aromatic rings. The number of amides is 2. The van der Waals surface area contributed by atoms with Crippen LogP contribution in [0.15, 0.2) is 21.4 Å². The molecule has 3 aliphatic carbocycles. The Morgan fingerprint density at radius 1 is 1.15 bits per heavy atom. The van der Waals surface area contributed by atoms with Gasteiger partial charge in [-0.15, -0.1) is 0 Å². The molecule has 3 fully saturated rings. The summed E-state index contributed by atoms with van der Waals surface area (Å²) in [6.45, 7) is 7.43. The Kier molecular flexibility index (Phi) is 4.85. The highest BCUT2D eigenvalue weighted by atomic mass is 79.9. The van der Waals surface area contributed by atoms with Gasteiger partial charge in [0.05, 0.1) is 9.89 Å². The molecule has 1 unspecified atom stereocenters. The second-order valence-electron chi connectivity index (χ2n) is 9.99. The van der Waals surface area contributed by atoms with Gasteiger partial charge in [0.15, 0.2) is 11.5 Å². The highest BCUT2D eigenvalue weighted by Gasteiger charge is 2.78. The standard InChI is InChI=1S/C24H26BrN3O6/c1-11-5-12(2)27-20(30)15(11)7-26-19(29)14-6-16(25)18-17(13(14)3)33-22(4,34-18)23-8-24(9-23,10-23)28-21(31)32/h5-6,28H,7-10H2,1-4H3,(H,26,29)(H,27,30)(H,31,32). The molecule has 1 atom stereocenters. The number of ether oxygens (including phenoxy) is 2. The van der Waals surface area contributed by atoms with Crippen molar-refractivity contribution in [1.82, 2.24) is 15.6 Å². The van der Waals surface area contributed by atoms with Crippen molar-refractivity contribution >= 4 is 27.9 Å². The van der Waals surface area contributed by atoms with Gasteiger partial charge in [0.2, 0.25) is 0 Å². The summed E-state index contributed by atoms with van der Waals surface area (Å²) in [5, 5.41) is 14.5. The summed E-state index contributed by atoms with van der Waals surface area (Å²) in [6, 6.07) is 3.56. The Balaban J connectivity index is 1.35. The van der Waals surface area contributed by atoms with Crippen LogP contribution < -0.4 is 25.7 Å². The van der Waals surface area contributed by atoms with Crippen molar-refractivity contribution in [2.24, 2.45) is 5.41 Å². The second-order valence-corrected chi connectivity index (χ2v) is 10.8. The SMILES string of the molecule is Cc1cc(C)c(CNC(=O)c2cc(Br)c3c(c2C)OC(C)(C24CC(NC(=O)O)(C2)C4)O3)c(=O)[nH]1. The molecule has 9 nitrogen and oxygen atoms in total. The van der Waals surface area contributed by atoms with E-state index < -0.39 is 11.9 Å². The van der Waals surface area contributed by atoms with Crippen molar-refractivity contribution in [1.29, 1.82) is 0 Å².